The highest BCUT2D eigenvalue weighted by atomic mass is 16.5. The molecule has 3 N–H and O–H groups in total. The Morgan fingerprint density at radius 2 is 2.11 bits per heavy atom. The fraction of sp³-hybridized carbons (Fsp3) is 0.357. The average molecular weight is 265 g/mol. The van der Waals surface area contributed by atoms with Crippen LogP contribution in [0.5, 0.6) is 0 Å². The first kappa shape index (κ1) is 15.2. The first-order valence-corrected chi connectivity index (χ1v) is 6.04. The zero-order valence-corrected chi connectivity index (χ0v) is 10.7. The van der Waals surface area contributed by atoms with Gasteiger partial charge in [-0.2, -0.15) is 0 Å². The molecule has 0 aliphatic heterocycles. The number of ether oxygens (including phenoxy) is 1. The van der Waals surface area contributed by atoms with Gasteiger partial charge in [0.05, 0.1) is 18.8 Å². The lowest BCUT2D eigenvalue weighted by molar-refractivity contribution is 0.0780. The van der Waals surface area contributed by atoms with E-state index >= 15 is 0 Å². The molecule has 1 aromatic carbocycles. The van der Waals surface area contributed by atoms with Crippen LogP contribution in [-0.2, 0) is 11.3 Å². The van der Waals surface area contributed by atoms with Crippen molar-refractivity contribution in [3.63, 3.8) is 0 Å². The Morgan fingerprint density at radius 1 is 1.42 bits per heavy atom. The summed E-state index contributed by atoms with van der Waals surface area (Å²) in [5, 5.41) is 21.1. The Bertz CT molecular complexity index is 394. The van der Waals surface area contributed by atoms with Crippen LogP contribution in [0, 0.1) is 0 Å². The molecule has 0 fully saturated rings. The molecule has 5 nitrogen and oxygen atoms in total. The molecular weight excluding hydrogens is 246 g/mol. The highest BCUT2D eigenvalue weighted by Gasteiger charge is 2.19. The summed E-state index contributed by atoms with van der Waals surface area (Å²) in [7, 11) is 0. The molecule has 0 saturated heterocycles. The number of rotatable bonds is 7. The predicted octanol–water partition coefficient (Wildman–Crippen LogP) is 1.21. The van der Waals surface area contributed by atoms with E-state index in [1.54, 1.807) is 0 Å². The van der Waals surface area contributed by atoms with Gasteiger partial charge in [0.1, 0.15) is 6.61 Å². The number of aliphatic hydroxyl groups excluding tert-OH is 2. The number of carbonyl (C=O) groups is 1. The van der Waals surface area contributed by atoms with Crippen LogP contribution in [-0.4, -0.2) is 35.1 Å². The Morgan fingerprint density at radius 3 is 2.68 bits per heavy atom. The summed E-state index contributed by atoms with van der Waals surface area (Å²) in [6.45, 7) is 3.26. The van der Waals surface area contributed by atoms with E-state index in [9.17, 15) is 9.90 Å². The van der Waals surface area contributed by atoms with E-state index in [4.69, 9.17) is 9.84 Å². The van der Waals surface area contributed by atoms with E-state index in [0.29, 0.717) is 0 Å². The van der Waals surface area contributed by atoms with Crippen molar-refractivity contribution in [3.05, 3.63) is 48.6 Å². The molecule has 0 heterocycles. The fourth-order valence-electron chi connectivity index (χ4n) is 1.51. The smallest absolute Gasteiger partial charge is 0.407 e. The Labute approximate surface area is 112 Å². The molecule has 0 radical (unpaired) electrons. The van der Waals surface area contributed by atoms with Gasteiger partial charge in [0.2, 0.25) is 0 Å². The Hall–Kier alpha value is -1.85. The van der Waals surface area contributed by atoms with Crippen LogP contribution in [0.1, 0.15) is 12.0 Å². The molecule has 0 spiro atoms. The molecular formula is C14H19NO4. The predicted molar refractivity (Wildman–Crippen MR) is 71.5 cm³/mol. The first-order valence-electron chi connectivity index (χ1n) is 6.04. The van der Waals surface area contributed by atoms with Gasteiger partial charge in [-0.15, -0.1) is 6.58 Å². The van der Waals surface area contributed by atoms with Crippen molar-refractivity contribution >= 4 is 6.09 Å². The average Bonchev–Trinajstić information content (AvgIpc) is 2.44. The van der Waals surface area contributed by atoms with Crippen LogP contribution in [0.2, 0.25) is 0 Å². The third kappa shape index (κ3) is 5.54. The largest absolute Gasteiger partial charge is 0.445 e. The SMILES string of the molecule is C=CC[C@@H](O)[C@H](CO)NC(=O)OCc1ccccc1. The highest BCUT2D eigenvalue weighted by molar-refractivity contribution is 5.67. The van der Waals surface area contributed by atoms with Gasteiger partial charge < -0.3 is 20.3 Å². The fourth-order valence-corrected chi connectivity index (χ4v) is 1.51. The lowest BCUT2D eigenvalue weighted by atomic mass is 10.1. The van der Waals surface area contributed by atoms with E-state index < -0.39 is 18.2 Å². The van der Waals surface area contributed by atoms with Gasteiger partial charge in [-0.05, 0) is 12.0 Å². The van der Waals surface area contributed by atoms with E-state index in [-0.39, 0.29) is 19.6 Å². The molecule has 0 aromatic heterocycles. The minimum absolute atomic E-state index is 0.141. The van der Waals surface area contributed by atoms with Crippen molar-refractivity contribution in [3.8, 4) is 0 Å². The van der Waals surface area contributed by atoms with E-state index in [1.165, 1.54) is 6.08 Å². The van der Waals surface area contributed by atoms with Crippen LogP contribution in [0.25, 0.3) is 0 Å². The van der Waals surface area contributed by atoms with Crippen molar-refractivity contribution in [1.29, 1.82) is 0 Å². The third-order valence-corrected chi connectivity index (χ3v) is 2.59. The number of hydrogen-bond donors (Lipinski definition) is 3. The summed E-state index contributed by atoms with van der Waals surface area (Å²) in [4.78, 5) is 11.5. The van der Waals surface area contributed by atoms with Gasteiger partial charge in [0, 0.05) is 0 Å². The standard InChI is InChI=1S/C14H19NO4/c1-2-6-13(17)12(9-16)15-14(18)19-10-11-7-4-3-5-8-11/h2-5,7-8,12-13,16-17H,1,6,9-10H2,(H,15,18)/t12-,13+/m0/s1. The summed E-state index contributed by atoms with van der Waals surface area (Å²) in [6, 6.07) is 8.48. The second kappa shape index (κ2) is 8.29. The summed E-state index contributed by atoms with van der Waals surface area (Å²) in [5.74, 6) is 0. The lowest BCUT2D eigenvalue weighted by Gasteiger charge is -2.20. The number of hydrogen-bond acceptors (Lipinski definition) is 4. The number of amides is 1. The van der Waals surface area contributed by atoms with Crippen molar-refractivity contribution in [2.45, 2.75) is 25.2 Å². The maximum Gasteiger partial charge on any atom is 0.407 e. The molecule has 1 aromatic rings. The van der Waals surface area contributed by atoms with Crippen LogP contribution in [0.15, 0.2) is 43.0 Å². The Balaban J connectivity index is 2.39. The minimum atomic E-state index is -0.883. The first-order chi connectivity index (χ1) is 9.17. The lowest BCUT2D eigenvalue weighted by Crippen LogP contribution is -2.45. The van der Waals surface area contributed by atoms with Crippen LogP contribution < -0.4 is 5.32 Å². The molecule has 5 heteroatoms. The number of carbonyl (C=O) groups excluding carboxylic acids is 1. The summed E-state index contributed by atoms with van der Waals surface area (Å²) < 4.78 is 4.99. The summed E-state index contributed by atoms with van der Waals surface area (Å²) in [5.41, 5.74) is 0.866. The normalized spacial score (nSPS) is 13.4. The van der Waals surface area contributed by atoms with Crippen molar-refractivity contribution < 1.29 is 19.7 Å². The second-order valence-electron chi connectivity index (χ2n) is 4.09. The molecule has 2 atom stereocenters. The zero-order valence-electron chi connectivity index (χ0n) is 10.7. The van der Waals surface area contributed by atoms with Gasteiger partial charge in [-0.1, -0.05) is 36.4 Å². The van der Waals surface area contributed by atoms with Crippen LogP contribution in [0.4, 0.5) is 4.79 Å². The molecule has 1 amide bonds. The number of aliphatic hydroxyl groups is 2. The van der Waals surface area contributed by atoms with Crippen molar-refractivity contribution in [1.82, 2.24) is 5.32 Å². The number of benzene rings is 1. The van der Waals surface area contributed by atoms with Gasteiger partial charge in [-0.25, -0.2) is 4.79 Å². The summed E-state index contributed by atoms with van der Waals surface area (Å²) in [6.07, 6.45) is 0.242. The molecule has 19 heavy (non-hydrogen) atoms. The Kier molecular flexibility index (Phi) is 6.63. The van der Waals surface area contributed by atoms with E-state index in [2.05, 4.69) is 11.9 Å². The van der Waals surface area contributed by atoms with Gasteiger partial charge in [0.25, 0.3) is 0 Å². The highest BCUT2D eigenvalue weighted by Crippen LogP contribution is 2.03. The summed E-state index contributed by atoms with van der Waals surface area (Å²) >= 11 is 0. The molecule has 0 saturated carbocycles. The topological polar surface area (TPSA) is 78.8 Å². The minimum Gasteiger partial charge on any atom is -0.445 e. The molecule has 1 rings (SSSR count). The molecule has 0 aliphatic rings. The maximum absolute atomic E-state index is 11.5. The van der Waals surface area contributed by atoms with Gasteiger partial charge in [0.15, 0.2) is 0 Å². The zero-order chi connectivity index (χ0) is 14.1. The number of alkyl carbamates (subject to hydrolysis) is 1. The van der Waals surface area contributed by atoms with Crippen molar-refractivity contribution in [2.24, 2.45) is 0 Å². The quantitative estimate of drug-likeness (QED) is 0.647. The molecule has 0 unspecified atom stereocenters. The monoisotopic (exact) mass is 265 g/mol. The van der Waals surface area contributed by atoms with Gasteiger partial charge >= 0.3 is 6.09 Å². The number of nitrogens with one attached hydrogen (secondary N) is 1. The third-order valence-electron chi connectivity index (χ3n) is 2.59. The van der Waals surface area contributed by atoms with E-state index in [0.717, 1.165) is 5.56 Å². The van der Waals surface area contributed by atoms with Gasteiger partial charge in [-0.3, -0.25) is 0 Å². The maximum atomic E-state index is 11.5. The van der Waals surface area contributed by atoms with Crippen LogP contribution in [0.3, 0.4) is 0 Å². The molecule has 0 bridgehead atoms. The molecule has 104 valence electrons. The van der Waals surface area contributed by atoms with Crippen molar-refractivity contribution in [2.75, 3.05) is 6.61 Å². The second-order valence-corrected chi connectivity index (χ2v) is 4.09. The van der Waals surface area contributed by atoms with Crippen LogP contribution >= 0.6 is 0 Å². The van der Waals surface area contributed by atoms with E-state index in [1.807, 2.05) is 30.3 Å². The molecule has 0 aliphatic carbocycles.